The number of benzene rings is 2. The van der Waals surface area contributed by atoms with Gasteiger partial charge in [0.1, 0.15) is 11.8 Å². The second-order valence-corrected chi connectivity index (χ2v) is 12.2. The molecule has 1 aliphatic rings. The molecule has 0 aliphatic carbocycles. The van der Waals surface area contributed by atoms with Gasteiger partial charge in [-0.25, -0.2) is 13.4 Å². The van der Waals surface area contributed by atoms with Crippen LogP contribution >= 0.6 is 0 Å². The average molecular weight is 558 g/mol. The van der Waals surface area contributed by atoms with Gasteiger partial charge in [-0.2, -0.15) is 19.8 Å². The van der Waals surface area contributed by atoms with Gasteiger partial charge in [-0.15, -0.1) is 0 Å². The number of nitrogens with one attached hydrogen (secondary N) is 1. The van der Waals surface area contributed by atoms with Crippen LogP contribution in [0, 0.1) is 36.5 Å². The zero-order valence-electron chi connectivity index (χ0n) is 22.9. The number of anilines is 3. The van der Waals surface area contributed by atoms with Gasteiger partial charge in [0.2, 0.25) is 21.9 Å². The maximum atomic E-state index is 12.5. The average Bonchev–Trinajstić information content (AvgIpc) is 2.94. The molecule has 0 amide bonds. The number of aromatic nitrogens is 2. The normalized spacial score (nSPS) is 14.2. The van der Waals surface area contributed by atoms with Crippen LogP contribution in [0.3, 0.4) is 0 Å². The maximum absolute atomic E-state index is 12.5. The minimum Gasteiger partial charge on any atom is -0.438 e. The van der Waals surface area contributed by atoms with E-state index in [0.29, 0.717) is 55.0 Å². The third-order valence-electron chi connectivity index (χ3n) is 6.58. The first-order valence-corrected chi connectivity index (χ1v) is 14.4. The highest BCUT2D eigenvalue weighted by molar-refractivity contribution is 7.89. The summed E-state index contributed by atoms with van der Waals surface area (Å²) >= 11 is 0. The number of ether oxygens (including phenoxy) is 1. The van der Waals surface area contributed by atoms with E-state index in [2.05, 4.69) is 21.4 Å². The SMILES string of the molecule is Cc1cc(/C=C/C#N)cc(C)c1Oc1ccnc(Nc2ccc(N3CCN(S(=O)(=O)C(C)C)CC3)c(C#N)c2)n1. The molecule has 0 unspecified atom stereocenters. The van der Waals surface area contributed by atoms with Crippen molar-refractivity contribution in [1.82, 2.24) is 14.3 Å². The van der Waals surface area contributed by atoms with E-state index in [0.717, 1.165) is 22.4 Å². The summed E-state index contributed by atoms with van der Waals surface area (Å²) in [5, 5.41) is 21.3. The molecule has 1 N–H and O–H groups in total. The molecule has 40 heavy (non-hydrogen) atoms. The predicted octanol–water partition coefficient (Wildman–Crippen LogP) is 4.90. The Balaban J connectivity index is 1.47. The Labute approximate surface area is 235 Å². The molecule has 1 fully saturated rings. The first-order chi connectivity index (χ1) is 19.1. The van der Waals surface area contributed by atoms with E-state index < -0.39 is 15.3 Å². The van der Waals surface area contributed by atoms with E-state index in [1.165, 1.54) is 10.4 Å². The highest BCUT2D eigenvalue weighted by Gasteiger charge is 2.30. The molecule has 4 rings (SSSR count). The largest absolute Gasteiger partial charge is 0.438 e. The molecule has 0 spiro atoms. The van der Waals surface area contributed by atoms with Gasteiger partial charge < -0.3 is 15.0 Å². The molecule has 0 bridgehead atoms. The summed E-state index contributed by atoms with van der Waals surface area (Å²) in [6.45, 7) is 9.00. The van der Waals surface area contributed by atoms with Gasteiger partial charge in [0.15, 0.2) is 0 Å². The highest BCUT2D eigenvalue weighted by Crippen LogP contribution is 2.31. The smallest absolute Gasteiger partial charge is 0.230 e. The summed E-state index contributed by atoms with van der Waals surface area (Å²) in [7, 11) is -3.30. The van der Waals surface area contributed by atoms with E-state index >= 15 is 0 Å². The van der Waals surface area contributed by atoms with E-state index in [9.17, 15) is 13.7 Å². The van der Waals surface area contributed by atoms with E-state index in [4.69, 9.17) is 10.00 Å². The Morgan fingerprint density at radius 2 is 1.75 bits per heavy atom. The van der Waals surface area contributed by atoms with Crippen molar-refractivity contribution < 1.29 is 13.2 Å². The quantitative estimate of drug-likeness (QED) is 0.384. The first-order valence-electron chi connectivity index (χ1n) is 12.9. The molecular weight excluding hydrogens is 526 g/mol. The summed E-state index contributed by atoms with van der Waals surface area (Å²) in [5.74, 6) is 1.34. The molecule has 1 aliphatic heterocycles. The minimum absolute atomic E-state index is 0.311. The number of hydrogen-bond donors (Lipinski definition) is 1. The molecule has 3 aromatic rings. The minimum atomic E-state index is -3.30. The van der Waals surface area contributed by atoms with Crippen molar-refractivity contribution in [2.45, 2.75) is 32.9 Å². The monoisotopic (exact) mass is 557 g/mol. The number of nitriles is 2. The fourth-order valence-corrected chi connectivity index (χ4v) is 5.80. The second-order valence-electron chi connectivity index (χ2n) is 9.72. The number of sulfonamides is 1. The van der Waals surface area contributed by atoms with Gasteiger partial charge in [0.05, 0.1) is 22.6 Å². The van der Waals surface area contributed by atoms with Crippen molar-refractivity contribution >= 4 is 33.4 Å². The number of allylic oxidation sites excluding steroid dienone is 1. The van der Waals surface area contributed by atoms with Gasteiger partial charge in [-0.3, -0.25) is 0 Å². The summed E-state index contributed by atoms with van der Waals surface area (Å²) < 4.78 is 32.6. The molecule has 206 valence electrons. The van der Waals surface area contributed by atoms with E-state index in [1.807, 2.05) is 49.1 Å². The Morgan fingerprint density at radius 3 is 2.38 bits per heavy atom. The summed E-state index contributed by atoms with van der Waals surface area (Å²) in [6.07, 6.45) is 4.76. The van der Waals surface area contributed by atoms with Crippen LogP contribution in [0.5, 0.6) is 11.6 Å². The van der Waals surface area contributed by atoms with Crippen molar-refractivity contribution in [3.63, 3.8) is 0 Å². The van der Waals surface area contributed by atoms with Crippen molar-refractivity contribution in [1.29, 1.82) is 10.5 Å². The Bertz CT molecular complexity index is 1590. The zero-order chi connectivity index (χ0) is 28.9. The highest BCUT2D eigenvalue weighted by atomic mass is 32.2. The van der Waals surface area contributed by atoms with Gasteiger partial charge in [-0.1, -0.05) is 0 Å². The Hall–Kier alpha value is -4.45. The molecular formula is C29H31N7O3S. The van der Waals surface area contributed by atoms with Crippen LogP contribution in [0.15, 0.2) is 48.7 Å². The van der Waals surface area contributed by atoms with Crippen LogP contribution < -0.4 is 15.0 Å². The molecule has 2 aromatic carbocycles. The fraction of sp³-hybridized carbons (Fsp3) is 0.310. The molecule has 1 saturated heterocycles. The van der Waals surface area contributed by atoms with Crippen LogP contribution in [0.25, 0.3) is 6.08 Å². The summed E-state index contributed by atoms with van der Waals surface area (Å²) in [6, 6.07) is 15.2. The lowest BCUT2D eigenvalue weighted by atomic mass is 10.1. The van der Waals surface area contributed by atoms with Crippen LogP contribution in [-0.2, 0) is 10.0 Å². The zero-order valence-corrected chi connectivity index (χ0v) is 23.7. The van der Waals surface area contributed by atoms with Crippen LogP contribution in [0.4, 0.5) is 17.3 Å². The van der Waals surface area contributed by atoms with E-state index in [1.54, 1.807) is 38.3 Å². The van der Waals surface area contributed by atoms with E-state index in [-0.39, 0.29) is 0 Å². The topological polar surface area (TPSA) is 135 Å². The molecule has 0 saturated carbocycles. The fourth-order valence-electron chi connectivity index (χ4n) is 4.53. The molecule has 2 heterocycles. The lowest BCUT2D eigenvalue weighted by Crippen LogP contribution is -2.50. The van der Waals surface area contributed by atoms with Gasteiger partial charge in [0, 0.05) is 50.2 Å². The van der Waals surface area contributed by atoms with Gasteiger partial charge in [-0.05, 0) is 80.8 Å². The molecule has 11 heteroatoms. The standard InChI is InChI=1S/C29H31N7O3S/c1-20(2)40(37,38)36-14-12-35(13-15-36)26-8-7-25(18-24(26)19-31)33-29-32-11-9-27(34-29)39-28-21(3)16-23(6-5-10-30)17-22(28)4/h5-9,11,16-18,20H,12-15H2,1-4H3,(H,32,33,34)/b6-5+. The molecule has 10 nitrogen and oxygen atoms in total. The molecule has 1 aromatic heterocycles. The van der Waals surface area contributed by atoms with Crippen molar-refractivity contribution in [3.8, 4) is 23.8 Å². The third-order valence-corrected chi connectivity index (χ3v) is 8.85. The number of aryl methyl sites for hydroxylation is 2. The number of hydrogen-bond acceptors (Lipinski definition) is 9. The first kappa shape index (κ1) is 28.6. The van der Waals surface area contributed by atoms with Crippen molar-refractivity contribution in [2.24, 2.45) is 0 Å². The molecule has 0 atom stereocenters. The van der Waals surface area contributed by atoms with Crippen LogP contribution in [0.1, 0.15) is 36.1 Å². The lowest BCUT2D eigenvalue weighted by molar-refractivity contribution is 0.381. The number of piperazine rings is 1. The second kappa shape index (κ2) is 12.2. The van der Waals surface area contributed by atoms with Crippen LogP contribution in [-0.4, -0.2) is 54.1 Å². The Kier molecular flexibility index (Phi) is 8.68. The maximum Gasteiger partial charge on any atom is 0.230 e. The number of nitrogens with zero attached hydrogens (tertiary/aromatic N) is 6. The molecule has 0 radical (unpaired) electrons. The van der Waals surface area contributed by atoms with Crippen molar-refractivity contribution in [2.75, 3.05) is 36.4 Å². The predicted molar refractivity (Wildman–Crippen MR) is 155 cm³/mol. The van der Waals surface area contributed by atoms with Crippen molar-refractivity contribution in [3.05, 3.63) is 70.9 Å². The number of rotatable bonds is 8. The third kappa shape index (κ3) is 6.40. The lowest BCUT2D eigenvalue weighted by Gasteiger charge is -2.36. The summed E-state index contributed by atoms with van der Waals surface area (Å²) in [5.41, 5.74) is 4.58. The Morgan fingerprint density at radius 1 is 1.05 bits per heavy atom. The van der Waals surface area contributed by atoms with Gasteiger partial charge >= 0.3 is 0 Å². The van der Waals surface area contributed by atoms with Gasteiger partial charge in [0.25, 0.3) is 0 Å². The van der Waals surface area contributed by atoms with Crippen LogP contribution in [0.2, 0.25) is 0 Å². The summed E-state index contributed by atoms with van der Waals surface area (Å²) in [4.78, 5) is 10.8.